The molecule has 5 nitrogen and oxygen atoms in total. The van der Waals surface area contributed by atoms with Crippen LogP contribution in [0, 0.1) is 0 Å². The van der Waals surface area contributed by atoms with E-state index >= 15 is 0 Å². The van der Waals surface area contributed by atoms with Crippen molar-refractivity contribution < 1.29 is 5.11 Å². The standard InChI is InChI=1S/C20H14N2O3/c23-15-11-9-13(10-12-15)18-19(14-5-2-1-3-6-14)21-16-7-4-8-17(24)22(16)20(18)25/h1-12,21,23H. The fourth-order valence-corrected chi connectivity index (χ4v) is 2.92. The van der Waals surface area contributed by atoms with E-state index in [9.17, 15) is 14.7 Å². The van der Waals surface area contributed by atoms with Crippen molar-refractivity contribution in [2.24, 2.45) is 0 Å². The number of H-pyrrole nitrogens is 1. The zero-order chi connectivity index (χ0) is 17.4. The molecule has 2 N–H and O–H groups in total. The Bertz CT molecular complexity index is 1170. The van der Waals surface area contributed by atoms with Crippen LogP contribution in [0.4, 0.5) is 0 Å². The molecule has 0 fully saturated rings. The molecule has 4 aromatic rings. The third-order valence-corrected chi connectivity index (χ3v) is 4.09. The van der Waals surface area contributed by atoms with Gasteiger partial charge >= 0.3 is 0 Å². The number of phenols is 1. The number of aromatic hydroxyl groups is 1. The van der Waals surface area contributed by atoms with Crippen molar-refractivity contribution in [3.63, 3.8) is 0 Å². The Morgan fingerprint density at radius 3 is 2.20 bits per heavy atom. The SMILES string of the molecule is O=c1cccc2[nH]c(-c3ccccc3)c(-c3ccc(O)cc3)c(=O)n12. The van der Waals surface area contributed by atoms with Crippen molar-refractivity contribution >= 4 is 5.65 Å². The number of pyridine rings is 1. The van der Waals surface area contributed by atoms with E-state index in [1.807, 2.05) is 30.3 Å². The minimum absolute atomic E-state index is 0.111. The van der Waals surface area contributed by atoms with Gasteiger partial charge in [-0.2, -0.15) is 0 Å². The van der Waals surface area contributed by atoms with Crippen LogP contribution in [0.3, 0.4) is 0 Å². The molecule has 2 aromatic carbocycles. The zero-order valence-corrected chi connectivity index (χ0v) is 13.1. The number of fused-ring (bicyclic) bond motifs is 1. The lowest BCUT2D eigenvalue weighted by Crippen LogP contribution is -2.28. The number of phenolic OH excluding ortho intramolecular Hbond substituents is 1. The van der Waals surface area contributed by atoms with Crippen molar-refractivity contribution in [1.82, 2.24) is 9.38 Å². The molecule has 5 heteroatoms. The molecule has 0 aliphatic carbocycles. The molecule has 4 rings (SSSR count). The van der Waals surface area contributed by atoms with Gasteiger partial charge in [0.25, 0.3) is 11.1 Å². The smallest absolute Gasteiger partial charge is 0.269 e. The summed E-state index contributed by atoms with van der Waals surface area (Å²) in [6.45, 7) is 0. The predicted octanol–water partition coefficient (Wildman–Crippen LogP) is 3.03. The van der Waals surface area contributed by atoms with Crippen LogP contribution in [0.2, 0.25) is 0 Å². The number of aromatic amines is 1. The lowest BCUT2D eigenvalue weighted by atomic mass is 10.00. The van der Waals surface area contributed by atoms with Crippen LogP contribution in [0.25, 0.3) is 28.0 Å². The Morgan fingerprint density at radius 2 is 1.48 bits per heavy atom. The lowest BCUT2D eigenvalue weighted by Gasteiger charge is -2.12. The molecule has 2 heterocycles. The molecule has 0 aliphatic heterocycles. The third kappa shape index (κ3) is 2.52. The minimum Gasteiger partial charge on any atom is -0.508 e. The van der Waals surface area contributed by atoms with Gasteiger partial charge in [0.2, 0.25) is 0 Å². The average molecular weight is 330 g/mol. The number of hydrogen-bond acceptors (Lipinski definition) is 3. The normalized spacial score (nSPS) is 10.9. The van der Waals surface area contributed by atoms with E-state index in [-0.39, 0.29) is 5.75 Å². The van der Waals surface area contributed by atoms with E-state index in [4.69, 9.17) is 0 Å². The first-order chi connectivity index (χ1) is 12.1. The fourth-order valence-electron chi connectivity index (χ4n) is 2.92. The average Bonchev–Trinajstić information content (AvgIpc) is 2.63. The van der Waals surface area contributed by atoms with E-state index in [0.29, 0.717) is 22.5 Å². The van der Waals surface area contributed by atoms with E-state index < -0.39 is 11.1 Å². The van der Waals surface area contributed by atoms with Gasteiger partial charge in [0.1, 0.15) is 11.4 Å². The first-order valence-electron chi connectivity index (χ1n) is 7.78. The van der Waals surface area contributed by atoms with Gasteiger partial charge in [-0.1, -0.05) is 48.5 Å². The summed E-state index contributed by atoms with van der Waals surface area (Å²) in [7, 11) is 0. The highest BCUT2D eigenvalue weighted by Gasteiger charge is 2.16. The Morgan fingerprint density at radius 1 is 0.760 bits per heavy atom. The van der Waals surface area contributed by atoms with E-state index in [1.165, 1.54) is 18.2 Å². The maximum absolute atomic E-state index is 13.1. The summed E-state index contributed by atoms with van der Waals surface area (Å²) in [5.74, 6) is 0.111. The number of nitrogens with zero attached hydrogens (tertiary/aromatic N) is 1. The zero-order valence-electron chi connectivity index (χ0n) is 13.1. The lowest BCUT2D eigenvalue weighted by molar-refractivity contribution is 0.475. The molecule has 0 aliphatic rings. The monoisotopic (exact) mass is 330 g/mol. The van der Waals surface area contributed by atoms with Crippen molar-refractivity contribution in [2.75, 3.05) is 0 Å². The highest BCUT2D eigenvalue weighted by molar-refractivity contribution is 5.81. The molecule has 0 atom stereocenters. The molecule has 0 amide bonds. The van der Waals surface area contributed by atoms with Crippen LogP contribution in [-0.4, -0.2) is 14.5 Å². The van der Waals surface area contributed by atoms with E-state index in [1.54, 1.807) is 24.3 Å². The molecule has 2 aromatic heterocycles. The number of benzene rings is 2. The molecule has 0 spiro atoms. The second-order valence-corrected chi connectivity index (χ2v) is 5.68. The van der Waals surface area contributed by atoms with Gasteiger partial charge in [-0.3, -0.25) is 9.59 Å². The van der Waals surface area contributed by atoms with Crippen LogP contribution >= 0.6 is 0 Å². The Hall–Kier alpha value is -3.60. The highest BCUT2D eigenvalue weighted by atomic mass is 16.3. The molecule has 25 heavy (non-hydrogen) atoms. The number of nitrogens with one attached hydrogen (secondary N) is 1. The predicted molar refractivity (Wildman–Crippen MR) is 96.8 cm³/mol. The fraction of sp³-hybridized carbons (Fsp3) is 0. The summed E-state index contributed by atoms with van der Waals surface area (Å²) in [5, 5.41) is 9.53. The quantitative estimate of drug-likeness (QED) is 0.593. The Kier molecular flexibility index (Phi) is 3.47. The molecule has 0 unspecified atom stereocenters. The van der Waals surface area contributed by atoms with Crippen LogP contribution in [-0.2, 0) is 0 Å². The van der Waals surface area contributed by atoms with Gasteiger partial charge in [-0.05, 0) is 29.3 Å². The summed E-state index contributed by atoms with van der Waals surface area (Å²) >= 11 is 0. The first-order valence-corrected chi connectivity index (χ1v) is 7.78. The number of hydrogen-bond donors (Lipinski definition) is 2. The third-order valence-electron chi connectivity index (χ3n) is 4.09. The van der Waals surface area contributed by atoms with Gasteiger partial charge in [0.15, 0.2) is 0 Å². The van der Waals surface area contributed by atoms with Crippen LogP contribution in [0.1, 0.15) is 0 Å². The molecular weight excluding hydrogens is 316 g/mol. The molecule has 0 saturated heterocycles. The molecular formula is C20H14N2O3. The molecule has 122 valence electrons. The molecule has 0 saturated carbocycles. The van der Waals surface area contributed by atoms with Crippen molar-refractivity contribution in [2.45, 2.75) is 0 Å². The maximum Gasteiger partial charge on any atom is 0.269 e. The minimum atomic E-state index is -0.399. The van der Waals surface area contributed by atoms with Crippen molar-refractivity contribution in [1.29, 1.82) is 0 Å². The van der Waals surface area contributed by atoms with Crippen LogP contribution < -0.4 is 11.1 Å². The second kappa shape index (κ2) is 5.79. The molecule has 0 bridgehead atoms. The summed E-state index contributed by atoms with van der Waals surface area (Å²) in [6.07, 6.45) is 0. The topological polar surface area (TPSA) is 74.6 Å². The van der Waals surface area contributed by atoms with Gasteiger partial charge in [-0.15, -0.1) is 0 Å². The summed E-state index contributed by atoms with van der Waals surface area (Å²) < 4.78 is 1.12. The molecule has 0 radical (unpaired) electrons. The second-order valence-electron chi connectivity index (χ2n) is 5.68. The Balaban J connectivity index is 2.16. The van der Waals surface area contributed by atoms with Crippen LogP contribution in [0.5, 0.6) is 5.75 Å². The summed E-state index contributed by atoms with van der Waals surface area (Å²) in [5.41, 5.74) is 2.10. The van der Waals surface area contributed by atoms with Crippen molar-refractivity contribution in [3.8, 4) is 28.1 Å². The number of rotatable bonds is 2. The van der Waals surface area contributed by atoms with Gasteiger partial charge in [-0.25, -0.2) is 4.40 Å². The van der Waals surface area contributed by atoms with Crippen molar-refractivity contribution in [3.05, 3.63) is 93.5 Å². The summed E-state index contributed by atoms with van der Waals surface area (Å²) in [6, 6.07) is 20.5. The highest BCUT2D eigenvalue weighted by Crippen LogP contribution is 2.28. The van der Waals surface area contributed by atoms with Gasteiger partial charge in [0.05, 0.1) is 11.3 Å². The van der Waals surface area contributed by atoms with E-state index in [0.717, 1.165) is 9.96 Å². The van der Waals surface area contributed by atoms with Crippen LogP contribution in [0.15, 0.2) is 82.4 Å². The summed E-state index contributed by atoms with van der Waals surface area (Å²) in [4.78, 5) is 28.5. The number of aromatic nitrogens is 2. The van der Waals surface area contributed by atoms with Gasteiger partial charge in [0, 0.05) is 6.07 Å². The first kappa shape index (κ1) is 15.0. The van der Waals surface area contributed by atoms with E-state index in [2.05, 4.69) is 4.98 Å². The maximum atomic E-state index is 13.1. The van der Waals surface area contributed by atoms with Gasteiger partial charge < -0.3 is 10.1 Å². The Labute approximate surface area is 142 Å². The largest absolute Gasteiger partial charge is 0.508 e.